The highest BCUT2D eigenvalue weighted by Crippen LogP contribution is 2.26. The summed E-state index contributed by atoms with van der Waals surface area (Å²) in [6.45, 7) is 1.86. The van der Waals surface area contributed by atoms with Crippen LogP contribution in [0, 0.1) is 5.82 Å². The van der Waals surface area contributed by atoms with Gasteiger partial charge in [-0.15, -0.1) is 0 Å². The number of rotatable bonds is 4. The van der Waals surface area contributed by atoms with Crippen molar-refractivity contribution in [2.45, 2.75) is 19.6 Å². The van der Waals surface area contributed by atoms with E-state index in [0.717, 1.165) is 5.69 Å². The summed E-state index contributed by atoms with van der Waals surface area (Å²) in [6.07, 6.45) is 0.901. The number of benzene rings is 1. The Morgan fingerprint density at radius 1 is 1.33 bits per heavy atom. The summed E-state index contributed by atoms with van der Waals surface area (Å²) in [5.74, 6) is 0.0770. The van der Waals surface area contributed by atoms with Crippen molar-refractivity contribution >= 4 is 0 Å². The van der Waals surface area contributed by atoms with Crippen LogP contribution in [0.2, 0.25) is 0 Å². The normalized spacial score (nSPS) is 12.2. The second kappa shape index (κ2) is 5.60. The SMILES string of the molecule is CC(O)c1cc(F)ccc1OCc1ccccn1. The number of ether oxygens (including phenoxy) is 1. The third-order valence-electron chi connectivity index (χ3n) is 2.52. The molecule has 2 aromatic rings. The molecule has 0 aliphatic heterocycles. The van der Waals surface area contributed by atoms with Crippen molar-refractivity contribution in [3.63, 3.8) is 0 Å². The average molecular weight is 247 g/mol. The van der Waals surface area contributed by atoms with Crippen molar-refractivity contribution in [3.05, 3.63) is 59.7 Å². The smallest absolute Gasteiger partial charge is 0.130 e. The average Bonchev–Trinajstić information content (AvgIpc) is 2.38. The number of halogens is 1. The molecule has 0 saturated heterocycles. The van der Waals surface area contributed by atoms with Crippen molar-refractivity contribution < 1.29 is 14.2 Å². The first kappa shape index (κ1) is 12.5. The van der Waals surface area contributed by atoms with Gasteiger partial charge in [0.25, 0.3) is 0 Å². The molecule has 0 radical (unpaired) electrons. The van der Waals surface area contributed by atoms with Gasteiger partial charge in [-0.2, -0.15) is 0 Å². The van der Waals surface area contributed by atoms with E-state index in [4.69, 9.17) is 4.74 Å². The number of pyridine rings is 1. The van der Waals surface area contributed by atoms with Gasteiger partial charge in [-0.3, -0.25) is 4.98 Å². The number of aromatic nitrogens is 1. The van der Waals surface area contributed by atoms with Crippen LogP contribution in [0.4, 0.5) is 4.39 Å². The number of nitrogens with zero attached hydrogens (tertiary/aromatic N) is 1. The van der Waals surface area contributed by atoms with E-state index in [2.05, 4.69) is 4.98 Å². The minimum absolute atomic E-state index is 0.284. The molecule has 1 atom stereocenters. The first-order valence-corrected chi connectivity index (χ1v) is 5.67. The monoisotopic (exact) mass is 247 g/mol. The standard InChI is InChI=1S/C14H14FNO2/c1-10(17)13-8-11(15)5-6-14(13)18-9-12-4-2-3-7-16-12/h2-8,10,17H,9H2,1H3. The predicted molar refractivity (Wildman–Crippen MR) is 65.6 cm³/mol. The van der Waals surface area contributed by atoms with Crippen LogP contribution < -0.4 is 4.74 Å². The Morgan fingerprint density at radius 2 is 2.17 bits per heavy atom. The number of aliphatic hydroxyl groups is 1. The minimum atomic E-state index is -0.778. The molecule has 1 heterocycles. The van der Waals surface area contributed by atoms with Crippen LogP contribution >= 0.6 is 0 Å². The molecule has 1 aromatic carbocycles. The zero-order chi connectivity index (χ0) is 13.0. The molecule has 0 spiro atoms. The first-order valence-electron chi connectivity index (χ1n) is 5.67. The lowest BCUT2D eigenvalue weighted by atomic mass is 10.1. The highest BCUT2D eigenvalue weighted by molar-refractivity contribution is 5.35. The number of hydrogen-bond acceptors (Lipinski definition) is 3. The fraction of sp³-hybridized carbons (Fsp3) is 0.214. The van der Waals surface area contributed by atoms with Crippen molar-refractivity contribution in [1.29, 1.82) is 0 Å². The summed E-state index contributed by atoms with van der Waals surface area (Å²) < 4.78 is 18.6. The zero-order valence-corrected chi connectivity index (χ0v) is 10.0. The van der Waals surface area contributed by atoms with Crippen LogP contribution in [0.3, 0.4) is 0 Å². The third-order valence-corrected chi connectivity index (χ3v) is 2.52. The lowest BCUT2D eigenvalue weighted by Gasteiger charge is -2.13. The summed E-state index contributed by atoms with van der Waals surface area (Å²) in [6, 6.07) is 9.62. The topological polar surface area (TPSA) is 42.4 Å². The highest BCUT2D eigenvalue weighted by atomic mass is 19.1. The van der Waals surface area contributed by atoms with Gasteiger partial charge in [0.05, 0.1) is 11.8 Å². The maximum absolute atomic E-state index is 13.1. The molecule has 1 aromatic heterocycles. The molecule has 0 aliphatic rings. The molecule has 1 N–H and O–H groups in total. The summed E-state index contributed by atoms with van der Waals surface area (Å²) in [5, 5.41) is 9.56. The van der Waals surface area contributed by atoms with Gasteiger partial charge in [0.2, 0.25) is 0 Å². The van der Waals surface area contributed by atoms with Gasteiger partial charge >= 0.3 is 0 Å². The maximum Gasteiger partial charge on any atom is 0.130 e. The molecule has 18 heavy (non-hydrogen) atoms. The van der Waals surface area contributed by atoms with Crippen LogP contribution in [0.5, 0.6) is 5.75 Å². The lowest BCUT2D eigenvalue weighted by Crippen LogP contribution is -2.02. The molecule has 2 rings (SSSR count). The van der Waals surface area contributed by atoms with Gasteiger partial charge in [0, 0.05) is 11.8 Å². The molecule has 0 bridgehead atoms. The van der Waals surface area contributed by atoms with E-state index in [9.17, 15) is 9.50 Å². The Hall–Kier alpha value is -1.94. The summed E-state index contributed by atoms with van der Waals surface area (Å²) in [5.41, 5.74) is 1.21. The molecule has 94 valence electrons. The fourth-order valence-corrected chi connectivity index (χ4v) is 1.61. The molecule has 3 nitrogen and oxygen atoms in total. The van der Waals surface area contributed by atoms with Gasteiger partial charge in [-0.05, 0) is 37.3 Å². The summed E-state index contributed by atoms with van der Waals surface area (Å²) in [4.78, 5) is 4.12. The van der Waals surface area contributed by atoms with Crippen LogP contribution in [0.15, 0.2) is 42.6 Å². The summed E-state index contributed by atoms with van der Waals surface area (Å²) in [7, 11) is 0. The molecule has 0 aliphatic carbocycles. The van der Waals surface area contributed by atoms with E-state index in [0.29, 0.717) is 11.3 Å². The molecular formula is C14H14FNO2. The van der Waals surface area contributed by atoms with Crippen LogP contribution in [-0.4, -0.2) is 10.1 Å². The van der Waals surface area contributed by atoms with Crippen molar-refractivity contribution in [2.75, 3.05) is 0 Å². The van der Waals surface area contributed by atoms with Crippen molar-refractivity contribution in [1.82, 2.24) is 4.98 Å². The van der Waals surface area contributed by atoms with Gasteiger partial charge in [-0.25, -0.2) is 4.39 Å². The van der Waals surface area contributed by atoms with Crippen LogP contribution in [-0.2, 0) is 6.61 Å². The Kier molecular flexibility index (Phi) is 3.89. The van der Waals surface area contributed by atoms with Gasteiger partial charge in [0.15, 0.2) is 0 Å². The van der Waals surface area contributed by atoms with Gasteiger partial charge in [-0.1, -0.05) is 6.07 Å². The van der Waals surface area contributed by atoms with E-state index in [1.807, 2.05) is 18.2 Å². The molecule has 0 amide bonds. The quantitative estimate of drug-likeness (QED) is 0.903. The molecule has 1 unspecified atom stereocenters. The third kappa shape index (κ3) is 3.05. The van der Waals surface area contributed by atoms with E-state index >= 15 is 0 Å². The predicted octanol–water partition coefficient (Wildman–Crippen LogP) is 2.85. The molecule has 4 heteroatoms. The Morgan fingerprint density at radius 3 is 2.83 bits per heavy atom. The first-order chi connectivity index (χ1) is 8.66. The maximum atomic E-state index is 13.1. The van der Waals surface area contributed by atoms with Crippen molar-refractivity contribution in [3.8, 4) is 5.75 Å². The van der Waals surface area contributed by atoms with Gasteiger partial charge < -0.3 is 9.84 Å². The van der Waals surface area contributed by atoms with E-state index in [1.165, 1.54) is 18.2 Å². The minimum Gasteiger partial charge on any atom is -0.487 e. The second-order valence-corrected chi connectivity index (χ2v) is 3.97. The number of hydrogen-bond donors (Lipinski definition) is 1. The Bertz CT molecular complexity index is 514. The fourth-order valence-electron chi connectivity index (χ4n) is 1.61. The van der Waals surface area contributed by atoms with Crippen LogP contribution in [0.25, 0.3) is 0 Å². The van der Waals surface area contributed by atoms with E-state index in [-0.39, 0.29) is 6.61 Å². The highest BCUT2D eigenvalue weighted by Gasteiger charge is 2.10. The Balaban J connectivity index is 2.14. The van der Waals surface area contributed by atoms with Crippen molar-refractivity contribution in [2.24, 2.45) is 0 Å². The number of aliphatic hydroxyl groups excluding tert-OH is 1. The van der Waals surface area contributed by atoms with E-state index in [1.54, 1.807) is 13.1 Å². The zero-order valence-electron chi connectivity index (χ0n) is 10.0. The second-order valence-electron chi connectivity index (χ2n) is 3.97. The summed E-state index contributed by atoms with van der Waals surface area (Å²) >= 11 is 0. The molecule has 0 fully saturated rings. The largest absolute Gasteiger partial charge is 0.487 e. The lowest BCUT2D eigenvalue weighted by molar-refractivity contribution is 0.189. The van der Waals surface area contributed by atoms with E-state index < -0.39 is 11.9 Å². The Labute approximate surface area is 105 Å². The van der Waals surface area contributed by atoms with Crippen LogP contribution in [0.1, 0.15) is 24.3 Å². The molecule has 0 saturated carbocycles. The van der Waals surface area contributed by atoms with Gasteiger partial charge in [0.1, 0.15) is 18.2 Å². The molecular weight excluding hydrogens is 233 g/mol.